The summed E-state index contributed by atoms with van der Waals surface area (Å²) < 4.78 is 5.31. The minimum Gasteiger partial charge on any atom is -0.496 e. The second-order valence-electron chi connectivity index (χ2n) is 5.99. The van der Waals surface area contributed by atoms with Gasteiger partial charge in [-0.1, -0.05) is 29.0 Å². The Hall–Kier alpha value is -2.16. The van der Waals surface area contributed by atoms with Crippen molar-refractivity contribution in [3.63, 3.8) is 0 Å². The van der Waals surface area contributed by atoms with Crippen LogP contribution in [0, 0.1) is 0 Å². The molecular weight excluding hydrogens is 404 g/mol. The third kappa shape index (κ3) is 3.78. The average molecular weight is 421 g/mol. The molecule has 2 aromatic heterocycles. The van der Waals surface area contributed by atoms with Gasteiger partial charge in [-0.05, 0) is 29.6 Å². The van der Waals surface area contributed by atoms with Gasteiger partial charge in [0, 0.05) is 31.2 Å². The molecule has 4 rings (SSSR count). The Morgan fingerprint density at radius 3 is 2.70 bits per heavy atom. The highest BCUT2D eigenvalue weighted by Crippen LogP contribution is 2.32. The van der Waals surface area contributed by atoms with E-state index in [0.717, 1.165) is 15.0 Å². The number of amides is 1. The van der Waals surface area contributed by atoms with Crippen molar-refractivity contribution in [1.29, 1.82) is 0 Å². The van der Waals surface area contributed by atoms with E-state index in [1.165, 1.54) is 0 Å². The monoisotopic (exact) mass is 420 g/mol. The van der Waals surface area contributed by atoms with E-state index in [0.29, 0.717) is 42.5 Å². The quantitative estimate of drug-likeness (QED) is 0.640. The fraction of sp³-hybridized carbons (Fsp3) is 0.278. The Morgan fingerprint density at radius 2 is 2.00 bits per heavy atom. The third-order valence-electron chi connectivity index (χ3n) is 4.38. The molecule has 0 saturated carbocycles. The molecule has 1 aliphatic rings. The molecule has 3 aromatic rings. The van der Waals surface area contributed by atoms with Gasteiger partial charge >= 0.3 is 0 Å². The van der Waals surface area contributed by atoms with Crippen LogP contribution in [-0.2, 0) is 0 Å². The zero-order valence-corrected chi connectivity index (χ0v) is 17.0. The normalized spacial score (nSPS) is 14.4. The first kappa shape index (κ1) is 18.2. The van der Waals surface area contributed by atoms with Crippen LogP contribution in [0.1, 0.15) is 10.4 Å². The van der Waals surface area contributed by atoms with E-state index in [1.54, 1.807) is 48.0 Å². The maximum Gasteiger partial charge on any atom is 0.257 e. The SMILES string of the molecule is COc1ccc(Cl)cc1C(=O)N1CCN(c2nnc(-c3cccs3)s2)CC1. The Balaban J connectivity index is 1.43. The summed E-state index contributed by atoms with van der Waals surface area (Å²) in [5.41, 5.74) is 0.495. The van der Waals surface area contributed by atoms with Crippen molar-refractivity contribution in [3.05, 3.63) is 46.3 Å². The van der Waals surface area contributed by atoms with Gasteiger partial charge in [0.1, 0.15) is 5.75 Å². The van der Waals surface area contributed by atoms with E-state index >= 15 is 0 Å². The average Bonchev–Trinajstić information content (AvgIpc) is 3.39. The summed E-state index contributed by atoms with van der Waals surface area (Å²) in [6.07, 6.45) is 0. The Labute approximate surface area is 170 Å². The van der Waals surface area contributed by atoms with Crippen LogP contribution in [0.5, 0.6) is 5.75 Å². The molecule has 0 spiro atoms. The predicted octanol–water partition coefficient (Wildman–Crippen LogP) is 3.89. The number of carbonyl (C=O) groups excluding carboxylic acids is 1. The lowest BCUT2D eigenvalue weighted by molar-refractivity contribution is 0.0743. The van der Waals surface area contributed by atoms with E-state index in [9.17, 15) is 4.79 Å². The van der Waals surface area contributed by atoms with Gasteiger partial charge in [-0.3, -0.25) is 4.79 Å². The van der Waals surface area contributed by atoms with E-state index in [-0.39, 0.29) is 5.91 Å². The zero-order chi connectivity index (χ0) is 18.8. The molecule has 0 N–H and O–H groups in total. The number of nitrogens with zero attached hydrogens (tertiary/aromatic N) is 4. The molecule has 9 heteroatoms. The number of hydrogen-bond acceptors (Lipinski definition) is 7. The Kier molecular flexibility index (Phi) is 5.29. The first-order valence-electron chi connectivity index (χ1n) is 8.41. The van der Waals surface area contributed by atoms with Crippen molar-refractivity contribution in [2.45, 2.75) is 0 Å². The summed E-state index contributed by atoms with van der Waals surface area (Å²) in [5.74, 6) is 0.474. The number of halogens is 1. The van der Waals surface area contributed by atoms with Crippen LogP contribution in [0.2, 0.25) is 5.02 Å². The van der Waals surface area contributed by atoms with Gasteiger partial charge in [0.15, 0.2) is 5.01 Å². The molecule has 0 aliphatic carbocycles. The summed E-state index contributed by atoms with van der Waals surface area (Å²) in [6.45, 7) is 2.66. The molecule has 1 amide bonds. The summed E-state index contributed by atoms with van der Waals surface area (Å²) >= 11 is 9.30. The van der Waals surface area contributed by atoms with Crippen LogP contribution in [0.15, 0.2) is 35.7 Å². The number of piperazine rings is 1. The molecule has 0 radical (unpaired) electrons. The Bertz CT molecular complexity index is 937. The van der Waals surface area contributed by atoms with Crippen LogP contribution in [0.4, 0.5) is 5.13 Å². The maximum absolute atomic E-state index is 12.9. The number of carbonyl (C=O) groups is 1. The van der Waals surface area contributed by atoms with Gasteiger partial charge in [0.2, 0.25) is 5.13 Å². The topological polar surface area (TPSA) is 58.6 Å². The highest BCUT2D eigenvalue weighted by molar-refractivity contribution is 7.22. The molecule has 3 heterocycles. The minimum atomic E-state index is -0.0643. The number of rotatable bonds is 4. The lowest BCUT2D eigenvalue weighted by Gasteiger charge is -2.34. The second kappa shape index (κ2) is 7.84. The third-order valence-corrected chi connectivity index (χ3v) is 6.63. The molecular formula is C18H17ClN4O2S2. The van der Waals surface area contributed by atoms with Crippen molar-refractivity contribution in [2.24, 2.45) is 0 Å². The number of benzene rings is 1. The molecule has 6 nitrogen and oxygen atoms in total. The van der Waals surface area contributed by atoms with Crippen LogP contribution in [0.25, 0.3) is 9.88 Å². The van der Waals surface area contributed by atoms with Crippen LogP contribution >= 0.6 is 34.3 Å². The van der Waals surface area contributed by atoms with Gasteiger partial charge < -0.3 is 14.5 Å². The summed E-state index contributed by atoms with van der Waals surface area (Å²) in [4.78, 5) is 18.0. The lowest BCUT2D eigenvalue weighted by Crippen LogP contribution is -2.48. The first-order valence-corrected chi connectivity index (χ1v) is 10.5. The molecule has 0 atom stereocenters. The van der Waals surface area contributed by atoms with Crippen molar-refractivity contribution >= 4 is 45.3 Å². The first-order chi connectivity index (χ1) is 13.2. The van der Waals surface area contributed by atoms with Crippen LogP contribution in [-0.4, -0.2) is 54.3 Å². The van der Waals surface area contributed by atoms with Gasteiger partial charge in [-0.25, -0.2) is 0 Å². The smallest absolute Gasteiger partial charge is 0.257 e. The summed E-state index contributed by atoms with van der Waals surface area (Å²) in [6, 6.07) is 9.15. The van der Waals surface area contributed by atoms with Gasteiger partial charge in [-0.2, -0.15) is 0 Å². The molecule has 27 heavy (non-hydrogen) atoms. The highest BCUT2D eigenvalue weighted by atomic mass is 35.5. The number of methoxy groups -OCH3 is 1. The highest BCUT2D eigenvalue weighted by Gasteiger charge is 2.26. The molecule has 1 fully saturated rings. The number of thiophene rings is 1. The van der Waals surface area contributed by atoms with E-state index < -0.39 is 0 Å². The molecule has 1 aromatic carbocycles. The number of aromatic nitrogens is 2. The van der Waals surface area contributed by atoms with Gasteiger partial charge in [0.25, 0.3) is 5.91 Å². The summed E-state index contributed by atoms with van der Waals surface area (Å²) in [7, 11) is 1.55. The van der Waals surface area contributed by atoms with Gasteiger partial charge in [0.05, 0.1) is 17.6 Å². The fourth-order valence-corrected chi connectivity index (χ4v) is 4.82. The number of anilines is 1. The number of hydrogen-bond donors (Lipinski definition) is 0. The molecule has 0 bridgehead atoms. The van der Waals surface area contributed by atoms with Crippen LogP contribution < -0.4 is 9.64 Å². The largest absolute Gasteiger partial charge is 0.496 e. The van der Waals surface area contributed by atoms with Crippen molar-refractivity contribution in [2.75, 3.05) is 38.2 Å². The molecule has 1 saturated heterocycles. The van der Waals surface area contributed by atoms with Crippen LogP contribution in [0.3, 0.4) is 0 Å². The predicted molar refractivity (Wildman–Crippen MR) is 109 cm³/mol. The van der Waals surface area contributed by atoms with E-state index in [2.05, 4.69) is 15.1 Å². The van der Waals surface area contributed by atoms with Crippen molar-refractivity contribution in [1.82, 2.24) is 15.1 Å². The zero-order valence-electron chi connectivity index (χ0n) is 14.6. The lowest BCUT2D eigenvalue weighted by atomic mass is 10.1. The van der Waals surface area contributed by atoms with E-state index in [1.807, 2.05) is 22.4 Å². The molecule has 1 aliphatic heterocycles. The Morgan fingerprint density at radius 1 is 1.19 bits per heavy atom. The number of ether oxygens (including phenoxy) is 1. The van der Waals surface area contributed by atoms with Crippen molar-refractivity contribution < 1.29 is 9.53 Å². The fourth-order valence-electron chi connectivity index (χ4n) is 2.96. The van der Waals surface area contributed by atoms with E-state index in [4.69, 9.17) is 16.3 Å². The molecule has 0 unspecified atom stereocenters. The maximum atomic E-state index is 12.9. The standard InChI is InChI=1S/C18H17ClN4O2S2/c1-25-14-5-4-12(19)11-13(14)17(24)22-6-8-23(9-7-22)18-21-20-16(27-18)15-3-2-10-26-15/h2-5,10-11H,6-9H2,1H3. The minimum absolute atomic E-state index is 0.0643. The molecule has 140 valence electrons. The summed E-state index contributed by atoms with van der Waals surface area (Å²) in [5, 5.41) is 13.0. The van der Waals surface area contributed by atoms with Crippen molar-refractivity contribution in [3.8, 4) is 15.6 Å². The second-order valence-corrected chi connectivity index (χ2v) is 8.33. The van der Waals surface area contributed by atoms with Gasteiger partial charge in [-0.15, -0.1) is 21.5 Å².